The van der Waals surface area contributed by atoms with Crippen molar-refractivity contribution in [2.24, 2.45) is 0 Å². The molecule has 0 aliphatic carbocycles. The Kier molecular flexibility index (Phi) is 5.86. The molecule has 28 heavy (non-hydrogen) atoms. The van der Waals surface area contributed by atoms with E-state index in [0.717, 1.165) is 5.56 Å². The second-order valence-corrected chi connectivity index (χ2v) is 6.06. The second kappa shape index (κ2) is 8.68. The highest BCUT2D eigenvalue weighted by molar-refractivity contribution is 6.03. The summed E-state index contributed by atoms with van der Waals surface area (Å²) in [5.74, 6) is -0.807. The molecular formula is C21H19N3O4. The number of rotatable bonds is 6. The van der Waals surface area contributed by atoms with Crippen LogP contribution < -0.4 is 16.0 Å². The van der Waals surface area contributed by atoms with Crippen LogP contribution in [0.15, 0.2) is 71.3 Å². The van der Waals surface area contributed by atoms with Crippen LogP contribution >= 0.6 is 0 Å². The smallest absolute Gasteiger partial charge is 0.291 e. The van der Waals surface area contributed by atoms with E-state index in [-0.39, 0.29) is 30.0 Å². The number of hydrogen-bond donors (Lipinski definition) is 3. The summed E-state index contributed by atoms with van der Waals surface area (Å²) in [6, 6.07) is 17.0. The number of aryl methyl sites for hydroxylation is 1. The van der Waals surface area contributed by atoms with E-state index in [0.29, 0.717) is 16.9 Å². The van der Waals surface area contributed by atoms with E-state index >= 15 is 0 Å². The quantitative estimate of drug-likeness (QED) is 0.614. The Labute approximate surface area is 161 Å². The van der Waals surface area contributed by atoms with Crippen molar-refractivity contribution in [2.75, 3.05) is 17.2 Å². The van der Waals surface area contributed by atoms with E-state index in [1.165, 1.54) is 6.26 Å². The number of carbonyl (C=O) groups is 3. The first kappa shape index (κ1) is 18.9. The van der Waals surface area contributed by atoms with Gasteiger partial charge < -0.3 is 20.4 Å². The van der Waals surface area contributed by atoms with Crippen LogP contribution in [0.1, 0.15) is 26.5 Å². The van der Waals surface area contributed by atoms with Gasteiger partial charge in [0.25, 0.3) is 11.8 Å². The summed E-state index contributed by atoms with van der Waals surface area (Å²) in [5, 5.41) is 8.03. The van der Waals surface area contributed by atoms with Crippen molar-refractivity contribution in [3.8, 4) is 0 Å². The molecule has 3 rings (SSSR count). The van der Waals surface area contributed by atoms with E-state index in [4.69, 9.17) is 4.42 Å². The van der Waals surface area contributed by atoms with Crippen molar-refractivity contribution in [1.29, 1.82) is 0 Å². The Morgan fingerprint density at radius 1 is 0.893 bits per heavy atom. The van der Waals surface area contributed by atoms with Gasteiger partial charge in [-0.1, -0.05) is 18.2 Å². The Morgan fingerprint density at radius 3 is 2.36 bits per heavy atom. The lowest BCUT2D eigenvalue weighted by Crippen LogP contribution is -2.32. The molecule has 0 saturated heterocycles. The predicted octanol–water partition coefficient (Wildman–Crippen LogP) is 3.21. The third-order valence-electron chi connectivity index (χ3n) is 3.95. The molecule has 2 aromatic carbocycles. The lowest BCUT2D eigenvalue weighted by molar-refractivity contribution is -0.115. The highest BCUT2D eigenvalue weighted by Gasteiger charge is 2.12. The van der Waals surface area contributed by atoms with Gasteiger partial charge in [-0.2, -0.15) is 0 Å². The number of anilines is 2. The zero-order valence-corrected chi connectivity index (χ0v) is 15.2. The van der Waals surface area contributed by atoms with E-state index < -0.39 is 0 Å². The van der Waals surface area contributed by atoms with Crippen LogP contribution in [-0.4, -0.2) is 24.3 Å². The molecule has 0 aliphatic rings. The fourth-order valence-corrected chi connectivity index (χ4v) is 2.53. The summed E-state index contributed by atoms with van der Waals surface area (Å²) >= 11 is 0. The van der Waals surface area contributed by atoms with Crippen molar-refractivity contribution >= 4 is 29.1 Å². The maximum Gasteiger partial charge on any atom is 0.291 e. The number of amides is 3. The van der Waals surface area contributed by atoms with Crippen molar-refractivity contribution in [3.05, 3.63) is 83.8 Å². The molecule has 0 atom stereocenters. The molecule has 0 bridgehead atoms. The third kappa shape index (κ3) is 4.85. The maximum atomic E-state index is 12.1. The lowest BCUT2D eigenvalue weighted by Gasteiger charge is -2.11. The van der Waals surface area contributed by atoms with Crippen LogP contribution in [0.25, 0.3) is 0 Å². The molecule has 0 fully saturated rings. The molecule has 1 aromatic heterocycles. The predicted molar refractivity (Wildman–Crippen MR) is 105 cm³/mol. The SMILES string of the molecule is Cc1cc(NC(=O)CNC(=O)c2ccccc2)ccc1NC(=O)c1ccco1. The van der Waals surface area contributed by atoms with Crippen LogP contribution in [0, 0.1) is 6.92 Å². The van der Waals surface area contributed by atoms with Crippen molar-refractivity contribution < 1.29 is 18.8 Å². The minimum atomic E-state index is -0.353. The Bertz CT molecular complexity index is 982. The number of hydrogen-bond acceptors (Lipinski definition) is 4. The van der Waals surface area contributed by atoms with E-state index in [1.54, 1.807) is 54.6 Å². The average Bonchev–Trinajstić information content (AvgIpc) is 3.24. The Morgan fingerprint density at radius 2 is 1.68 bits per heavy atom. The number of nitrogens with one attached hydrogen (secondary N) is 3. The fourth-order valence-electron chi connectivity index (χ4n) is 2.53. The highest BCUT2D eigenvalue weighted by atomic mass is 16.3. The van der Waals surface area contributed by atoms with Gasteiger partial charge in [-0.3, -0.25) is 14.4 Å². The lowest BCUT2D eigenvalue weighted by atomic mass is 10.1. The summed E-state index contributed by atoms with van der Waals surface area (Å²) in [4.78, 5) is 36.1. The van der Waals surface area contributed by atoms with Crippen molar-refractivity contribution in [1.82, 2.24) is 5.32 Å². The van der Waals surface area contributed by atoms with Gasteiger partial charge in [0.1, 0.15) is 0 Å². The zero-order chi connectivity index (χ0) is 19.9. The minimum Gasteiger partial charge on any atom is -0.459 e. The largest absolute Gasteiger partial charge is 0.459 e. The van der Waals surface area contributed by atoms with E-state index in [9.17, 15) is 14.4 Å². The molecule has 0 spiro atoms. The van der Waals surface area contributed by atoms with Crippen molar-refractivity contribution in [3.63, 3.8) is 0 Å². The van der Waals surface area contributed by atoms with Crippen LogP contribution in [0.2, 0.25) is 0 Å². The maximum absolute atomic E-state index is 12.1. The summed E-state index contributed by atoms with van der Waals surface area (Å²) in [5.41, 5.74) is 2.43. The molecule has 0 radical (unpaired) electrons. The fraction of sp³-hybridized carbons (Fsp3) is 0.0952. The highest BCUT2D eigenvalue weighted by Crippen LogP contribution is 2.20. The summed E-state index contributed by atoms with van der Waals surface area (Å²) in [7, 11) is 0. The number of carbonyl (C=O) groups excluding carboxylic acids is 3. The van der Waals surface area contributed by atoms with Gasteiger partial charge in [0.2, 0.25) is 5.91 Å². The summed E-state index contributed by atoms with van der Waals surface area (Å²) in [6.45, 7) is 1.66. The first-order valence-corrected chi connectivity index (χ1v) is 8.61. The van der Waals surface area contributed by atoms with Crippen LogP contribution in [0.3, 0.4) is 0 Å². The monoisotopic (exact) mass is 377 g/mol. The average molecular weight is 377 g/mol. The molecule has 0 unspecified atom stereocenters. The number of furan rings is 1. The normalized spacial score (nSPS) is 10.2. The molecule has 0 saturated carbocycles. The number of benzene rings is 2. The minimum absolute atomic E-state index is 0.149. The van der Waals surface area contributed by atoms with Crippen LogP contribution in [-0.2, 0) is 4.79 Å². The first-order chi connectivity index (χ1) is 13.5. The second-order valence-electron chi connectivity index (χ2n) is 6.06. The summed E-state index contributed by atoms with van der Waals surface area (Å²) < 4.78 is 5.06. The van der Waals surface area contributed by atoms with Gasteiger partial charge in [0.05, 0.1) is 12.8 Å². The van der Waals surface area contributed by atoms with E-state index in [1.807, 2.05) is 13.0 Å². The molecular weight excluding hydrogens is 358 g/mol. The molecule has 3 N–H and O–H groups in total. The zero-order valence-electron chi connectivity index (χ0n) is 15.2. The van der Waals surface area contributed by atoms with Crippen LogP contribution in [0.5, 0.6) is 0 Å². The Hall–Kier alpha value is -3.87. The Balaban J connectivity index is 1.54. The van der Waals surface area contributed by atoms with Gasteiger partial charge in [0.15, 0.2) is 5.76 Å². The van der Waals surface area contributed by atoms with E-state index in [2.05, 4.69) is 16.0 Å². The topological polar surface area (TPSA) is 100 Å². The molecule has 3 amide bonds. The molecule has 3 aromatic rings. The van der Waals surface area contributed by atoms with Gasteiger partial charge in [-0.25, -0.2) is 0 Å². The molecule has 0 aliphatic heterocycles. The molecule has 1 heterocycles. The first-order valence-electron chi connectivity index (χ1n) is 8.61. The van der Waals surface area contributed by atoms with Crippen LogP contribution in [0.4, 0.5) is 11.4 Å². The van der Waals surface area contributed by atoms with Crippen molar-refractivity contribution in [2.45, 2.75) is 6.92 Å². The summed E-state index contributed by atoms with van der Waals surface area (Å²) in [6.07, 6.45) is 1.43. The molecule has 7 nitrogen and oxygen atoms in total. The van der Waals surface area contributed by atoms with Gasteiger partial charge in [-0.15, -0.1) is 0 Å². The van der Waals surface area contributed by atoms with Gasteiger partial charge in [0, 0.05) is 16.9 Å². The standard InChI is InChI=1S/C21H19N3O4/c1-14-12-16(9-10-17(14)24-21(27)18-8-5-11-28-18)23-19(25)13-22-20(26)15-6-3-2-4-7-15/h2-12H,13H2,1H3,(H,22,26)(H,23,25)(H,24,27). The van der Waals surface area contributed by atoms with Gasteiger partial charge >= 0.3 is 0 Å². The molecule has 142 valence electrons. The molecule has 7 heteroatoms. The third-order valence-corrected chi connectivity index (χ3v) is 3.95. The van der Waals surface area contributed by atoms with Gasteiger partial charge in [-0.05, 0) is 55.0 Å².